The summed E-state index contributed by atoms with van der Waals surface area (Å²) in [6.07, 6.45) is 0. The molecule has 2 aromatic rings. The van der Waals surface area contributed by atoms with Gasteiger partial charge in [-0.3, -0.25) is 0 Å². The van der Waals surface area contributed by atoms with Crippen LogP contribution < -0.4 is 10.6 Å². The van der Waals surface area contributed by atoms with Crippen molar-refractivity contribution in [3.8, 4) is 0 Å². The zero-order chi connectivity index (χ0) is 16.0. The molecule has 0 saturated carbocycles. The Balaban J connectivity index is 2.40. The van der Waals surface area contributed by atoms with Crippen LogP contribution in [0.3, 0.4) is 0 Å². The molecule has 0 bridgehead atoms. The minimum absolute atomic E-state index is 0.291. The van der Waals surface area contributed by atoms with E-state index >= 15 is 0 Å². The van der Waals surface area contributed by atoms with Crippen molar-refractivity contribution in [2.75, 3.05) is 6.54 Å². The van der Waals surface area contributed by atoms with Gasteiger partial charge in [-0.1, -0.05) is 60.7 Å². The average Bonchev–Trinajstić information content (AvgIpc) is 2.55. The second kappa shape index (κ2) is 7.09. The van der Waals surface area contributed by atoms with Gasteiger partial charge in [0.2, 0.25) is 0 Å². The van der Waals surface area contributed by atoms with E-state index in [1.54, 1.807) is 6.92 Å². The van der Waals surface area contributed by atoms with E-state index in [0.717, 1.165) is 11.1 Å². The topological polar surface area (TPSA) is 61.4 Å². The van der Waals surface area contributed by atoms with Crippen molar-refractivity contribution in [3.63, 3.8) is 0 Å². The number of rotatable bonds is 5. The molecule has 116 valence electrons. The van der Waals surface area contributed by atoms with Gasteiger partial charge >= 0.3 is 6.03 Å². The van der Waals surface area contributed by atoms with Gasteiger partial charge in [0, 0.05) is 6.54 Å². The predicted octanol–water partition coefficient (Wildman–Crippen LogP) is 2.63. The Hall–Kier alpha value is -2.33. The monoisotopic (exact) mass is 298 g/mol. The molecule has 2 rings (SSSR count). The summed E-state index contributed by atoms with van der Waals surface area (Å²) >= 11 is 0. The van der Waals surface area contributed by atoms with Crippen LogP contribution in [-0.4, -0.2) is 23.7 Å². The summed E-state index contributed by atoms with van der Waals surface area (Å²) in [6.45, 7) is 4.19. The zero-order valence-electron chi connectivity index (χ0n) is 12.9. The summed E-state index contributed by atoms with van der Waals surface area (Å²) in [6, 6.07) is 18.0. The van der Waals surface area contributed by atoms with Crippen LogP contribution in [0.15, 0.2) is 60.7 Å². The van der Waals surface area contributed by atoms with Crippen LogP contribution in [0.25, 0.3) is 0 Å². The van der Waals surface area contributed by atoms with Gasteiger partial charge in [0.05, 0.1) is 6.04 Å². The summed E-state index contributed by atoms with van der Waals surface area (Å²) in [7, 11) is 0. The molecule has 2 amide bonds. The van der Waals surface area contributed by atoms with Crippen molar-refractivity contribution < 1.29 is 9.90 Å². The first-order valence-corrected chi connectivity index (χ1v) is 7.46. The molecular weight excluding hydrogens is 276 g/mol. The molecule has 0 saturated heterocycles. The fourth-order valence-electron chi connectivity index (χ4n) is 2.56. The number of hydrogen-bond acceptors (Lipinski definition) is 2. The Kier molecular flexibility index (Phi) is 5.17. The first kappa shape index (κ1) is 16.0. The van der Waals surface area contributed by atoms with Crippen LogP contribution in [-0.2, 0) is 5.60 Å². The number of urea groups is 1. The lowest BCUT2D eigenvalue weighted by Crippen LogP contribution is -2.52. The molecule has 3 N–H and O–H groups in total. The van der Waals surface area contributed by atoms with E-state index in [1.807, 2.05) is 67.6 Å². The summed E-state index contributed by atoms with van der Waals surface area (Å²) in [5.74, 6) is 0. The van der Waals surface area contributed by atoms with Crippen molar-refractivity contribution in [2.24, 2.45) is 0 Å². The molecule has 0 spiro atoms. The van der Waals surface area contributed by atoms with Gasteiger partial charge < -0.3 is 15.7 Å². The summed E-state index contributed by atoms with van der Waals surface area (Å²) in [5.41, 5.74) is 0.184. The van der Waals surface area contributed by atoms with E-state index in [1.165, 1.54) is 0 Å². The highest BCUT2D eigenvalue weighted by Crippen LogP contribution is 2.32. The van der Waals surface area contributed by atoms with Crippen molar-refractivity contribution in [1.82, 2.24) is 10.6 Å². The maximum Gasteiger partial charge on any atom is 0.315 e. The smallest absolute Gasteiger partial charge is 0.315 e. The van der Waals surface area contributed by atoms with Crippen LogP contribution >= 0.6 is 0 Å². The SMILES string of the molecule is CCNC(=O)N[C@H](C)C(O)(c1ccccc1)c1ccccc1. The van der Waals surface area contributed by atoms with Gasteiger partial charge in [0.25, 0.3) is 0 Å². The van der Waals surface area contributed by atoms with Crippen LogP contribution in [0.5, 0.6) is 0 Å². The van der Waals surface area contributed by atoms with E-state index < -0.39 is 11.6 Å². The van der Waals surface area contributed by atoms with Gasteiger partial charge in [-0.2, -0.15) is 0 Å². The molecule has 22 heavy (non-hydrogen) atoms. The molecule has 0 unspecified atom stereocenters. The standard InChI is InChI=1S/C18H22N2O2/c1-3-19-17(21)20-14(2)18(22,15-10-6-4-7-11-15)16-12-8-5-9-13-16/h4-14,22H,3H2,1-2H3,(H2,19,20,21)/t14-/m1/s1. The highest BCUT2D eigenvalue weighted by molar-refractivity contribution is 5.74. The first-order chi connectivity index (χ1) is 10.6. The number of aliphatic hydroxyl groups is 1. The van der Waals surface area contributed by atoms with Crippen molar-refractivity contribution in [1.29, 1.82) is 0 Å². The van der Waals surface area contributed by atoms with E-state index in [9.17, 15) is 9.90 Å². The third-order valence-corrected chi connectivity index (χ3v) is 3.74. The second-order valence-corrected chi connectivity index (χ2v) is 5.22. The predicted molar refractivity (Wildman–Crippen MR) is 87.6 cm³/mol. The highest BCUT2D eigenvalue weighted by atomic mass is 16.3. The number of carbonyl (C=O) groups is 1. The zero-order valence-corrected chi connectivity index (χ0v) is 12.9. The maximum absolute atomic E-state index is 11.8. The Morgan fingerprint density at radius 3 is 1.91 bits per heavy atom. The minimum atomic E-state index is -1.30. The molecule has 0 aliphatic heterocycles. The van der Waals surface area contributed by atoms with Crippen molar-refractivity contribution >= 4 is 6.03 Å². The summed E-state index contributed by atoms with van der Waals surface area (Å²) < 4.78 is 0. The van der Waals surface area contributed by atoms with Crippen molar-refractivity contribution in [3.05, 3.63) is 71.8 Å². The average molecular weight is 298 g/mol. The van der Waals surface area contributed by atoms with Crippen LogP contribution in [0.2, 0.25) is 0 Å². The molecule has 0 heterocycles. The van der Waals surface area contributed by atoms with Crippen LogP contribution in [0, 0.1) is 0 Å². The molecule has 0 aromatic heterocycles. The molecule has 0 aliphatic carbocycles. The lowest BCUT2D eigenvalue weighted by Gasteiger charge is -2.35. The fourth-order valence-corrected chi connectivity index (χ4v) is 2.56. The third-order valence-electron chi connectivity index (χ3n) is 3.74. The largest absolute Gasteiger partial charge is 0.378 e. The van der Waals surface area contributed by atoms with Crippen LogP contribution in [0.4, 0.5) is 4.79 Å². The Morgan fingerprint density at radius 1 is 1.05 bits per heavy atom. The normalized spacial score (nSPS) is 12.5. The highest BCUT2D eigenvalue weighted by Gasteiger charge is 2.38. The third kappa shape index (κ3) is 3.28. The number of benzene rings is 2. The fraction of sp³-hybridized carbons (Fsp3) is 0.278. The molecule has 2 aromatic carbocycles. The van der Waals surface area contributed by atoms with Gasteiger partial charge in [0.15, 0.2) is 0 Å². The molecule has 0 aliphatic rings. The summed E-state index contributed by atoms with van der Waals surface area (Å²) in [4.78, 5) is 11.8. The lowest BCUT2D eigenvalue weighted by atomic mass is 9.81. The van der Waals surface area contributed by atoms with Gasteiger partial charge in [-0.15, -0.1) is 0 Å². The molecular formula is C18H22N2O2. The van der Waals surface area contributed by atoms with E-state index in [2.05, 4.69) is 10.6 Å². The lowest BCUT2D eigenvalue weighted by molar-refractivity contribution is 0.0474. The molecule has 4 nitrogen and oxygen atoms in total. The quantitative estimate of drug-likeness (QED) is 0.794. The number of hydrogen-bond donors (Lipinski definition) is 3. The molecule has 0 radical (unpaired) electrons. The van der Waals surface area contributed by atoms with E-state index in [-0.39, 0.29) is 6.03 Å². The van der Waals surface area contributed by atoms with Gasteiger partial charge in [-0.25, -0.2) is 4.79 Å². The maximum atomic E-state index is 11.8. The minimum Gasteiger partial charge on any atom is -0.378 e. The molecule has 1 atom stereocenters. The first-order valence-electron chi connectivity index (χ1n) is 7.46. The second-order valence-electron chi connectivity index (χ2n) is 5.22. The number of amides is 2. The summed E-state index contributed by atoms with van der Waals surface area (Å²) in [5, 5.41) is 16.9. The van der Waals surface area contributed by atoms with Crippen molar-refractivity contribution in [2.45, 2.75) is 25.5 Å². The Labute approximate surface area is 131 Å². The van der Waals surface area contributed by atoms with Crippen LogP contribution in [0.1, 0.15) is 25.0 Å². The van der Waals surface area contributed by atoms with E-state index in [0.29, 0.717) is 6.54 Å². The number of carbonyl (C=O) groups excluding carboxylic acids is 1. The van der Waals surface area contributed by atoms with Gasteiger partial charge in [0.1, 0.15) is 5.60 Å². The number of nitrogens with one attached hydrogen (secondary N) is 2. The molecule has 0 fully saturated rings. The Bertz CT molecular complexity index is 559. The van der Waals surface area contributed by atoms with E-state index in [4.69, 9.17) is 0 Å². The molecule has 4 heteroatoms. The Morgan fingerprint density at radius 2 is 1.50 bits per heavy atom. The van der Waals surface area contributed by atoms with Gasteiger partial charge in [-0.05, 0) is 25.0 Å².